The SMILES string of the molecule is Cc1ccc(N2C(=O)C(Nc3ccc4c(c3)OCCO4)=C(c3cccs3)C2=O)cc1. The van der Waals surface area contributed by atoms with Crippen LogP contribution in [0.1, 0.15) is 10.4 Å². The molecule has 0 atom stereocenters. The summed E-state index contributed by atoms with van der Waals surface area (Å²) in [5.74, 6) is 0.541. The maximum atomic E-state index is 13.3. The highest BCUT2D eigenvalue weighted by atomic mass is 32.1. The number of anilines is 2. The molecule has 5 rings (SSSR count). The van der Waals surface area contributed by atoms with E-state index in [0.717, 1.165) is 10.4 Å². The Bertz CT molecular complexity index is 1170. The summed E-state index contributed by atoms with van der Waals surface area (Å²) in [6.45, 7) is 2.94. The van der Waals surface area contributed by atoms with E-state index in [9.17, 15) is 9.59 Å². The summed E-state index contributed by atoms with van der Waals surface area (Å²) < 4.78 is 11.2. The molecule has 1 N–H and O–H groups in total. The fraction of sp³-hybridized carbons (Fsp3) is 0.130. The van der Waals surface area contributed by atoms with Crippen molar-refractivity contribution in [2.45, 2.75) is 6.92 Å². The lowest BCUT2D eigenvalue weighted by Gasteiger charge is -2.19. The summed E-state index contributed by atoms with van der Waals surface area (Å²) >= 11 is 1.42. The van der Waals surface area contributed by atoms with Gasteiger partial charge >= 0.3 is 0 Å². The van der Waals surface area contributed by atoms with Gasteiger partial charge in [0.25, 0.3) is 11.8 Å². The largest absolute Gasteiger partial charge is 0.486 e. The molecule has 30 heavy (non-hydrogen) atoms. The van der Waals surface area contributed by atoms with Crippen molar-refractivity contribution in [2.24, 2.45) is 0 Å². The van der Waals surface area contributed by atoms with Crippen LogP contribution >= 0.6 is 11.3 Å². The maximum Gasteiger partial charge on any atom is 0.282 e. The van der Waals surface area contributed by atoms with Gasteiger partial charge in [-0.1, -0.05) is 23.8 Å². The number of imide groups is 1. The normalized spacial score (nSPS) is 15.7. The number of hydrogen-bond acceptors (Lipinski definition) is 6. The Morgan fingerprint density at radius 1 is 0.933 bits per heavy atom. The molecule has 0 unspecified atom stereocenters. The lowest BCUT2D eigenvalue weighted by Crippen LogP contribution is -2.32. The molecule has 3 heterocycles. The standard InChI is InChI=1S/C23H18N2O4S/c1-14-4-7-16(8-5-14)25-22(26)20(19-3-2-12-30-19)21(23(25)27)24-15-6-9-17-18(13-15)29-11-10-28-17/h2-9,12-13,24H,10-11H2,1H3. The van der Waals surface area contributed by atoms with Crippen LogP contribution in [-0.2, 0) is 9.59 Å². The van der Waals surface area contributed by atoms with Crippen LogP contribution in [0.5, 0.6) is 11.5 Å². The molecule has 1 aromatic heterocycles. The number of carbonyl (C=O) groups excluding carboxylic acids is 2. The second kappa shape index (κ2) is 7.35. The van der Waals surface area contributed by atoms with Crippen LogP contribution in [0.4, 0.5) is 11.4 Å². The third-order valence-corrected chi connectivity index (χ3v) is 5.84. The number of thiophene rings is 1. The van der Waals surface area contributed by atoms with Crippen LogP contribution in [0.2, 0.25) is 0 Å². The summed E-state index contributed by atoms with van der Waals surface area (Å²) in [5.41, 5.74) is 2.86. The van der Waals surface area contributed by atoms with Crippen molar-refractivity contribution in [3.05, 3.63) is 76.1 Å². The molecule has 0 fully saturated rings. The Kier molecular flexibility index (Phi) is 4.52. The van der Waals surface area contributed by atoms with Crippen molar-refractivity contribution < 1.29 is 19.1 Å². The van der Waals surface area contributed by atoms with Crippen LogP contribution in [0, 0.1) is 6.92 Å². The number of ether oxygens (including phenoxy) is 2. The summed E-state index contributed by atoms with van der Waals surface area (Å²) in [4.78, 5) is 28.6. The average molecular weight is 418 g/mol. The lowest BCUT2D eigenvalue weighted by atomic mass is 10.1. The molecule has 7 heteroatoms. The molecule has 6 nitrogen and oxygen atoms in total. The third kappa shape index (κ3) is 3.13. The average Bonchev–Trinajstić information content (AvgIpc) is 3.36. The molecule has 0 spiro atoms. The Labute approximate surface area is 177 Å². The van der Waals surface area contributed by atoms with Crippen LogP contribution < -0.4 is 19.7 Å². The molecule has 0 aliphatic carbocycles. The summed E-state index contributed by atoms with van der Waals surface area (Å²) in [6.07, 6.45) is 0. The van der Waals surface area contributed by atoms with Gasteiger partial charge in [0.15, 0.2) is 11.5 Å². The van der Waals surface area contributed by atoms with E-state index in [1.165, 1.54) is 16.2 Å². The summed E-state index contributed by atoms with van der Waals surface area (Å²) in [6, 6.07) is 16.4. The Morgan fingerprint density at radius 3 is 2.43 bits per heavy atom. The monoisotopic (exact) mass is 418 g/mol. The Morgan fingerprint density at radius 2 is 1.70 bits per heavy atom. The molecule has 3 aromatic rings. The van der Waals surface area contributed by atoms with Crippen molar-refractivity contribution >= 4 is 40.1 Å². The van der Waals surface area contributed by atoms with Crippen LogP contribution in [0.15, 0.2) is 65.7 Å². The molecule has 2 aromatic carbocycles. The highest BCUT2D eigenvalue weighted by molar-refractivity contribution is 7.11. The molecule has 2 aliphatic rings. The molecule has 0 saturated heterocycles. The van der Waals surface area contributed by atoms with Gasteiger partial charge in [-0.05, 0) is 42.6 Å². The molecule has 0 bridgehead atoms. The predicted octanol–water partition coefficient (Wildman–Crippen LogP) is 4.22. The lowest BCUT2D eigenvalue weighted by molar-refractivity contribution is -0.120. The quantitative estimate of drug-likeness (QED) is 0.643. The van der Waals surface area contributed by atoms with Crippen LogP contribution in [0.25, 0.3) is 5.57 Å². The number of aryl methyl sites for hydroxylation is 1. The van der Waals surface area contributed by atoms with E-state index in [1.807, 2.05) is 36.6 Å². The number of nitrogens with zero attached hydrogens (tertiary/aromatic N) is 1. The van der Waals surface area contributed by atoms with Gasteiger partial charge in [-0.3, -0.25) is 9.59 Å². The van der Waals surface area contributed by atoms with Gasteiger partial charge in [-0.2, -0.15) is 0 Å². The zero-order valence-electron chi connectivity index (χ0n) is 16.2. The number of nitrogens with one attached hydrogen (secondary N) is 1. The van der Waals surface area contributed by atoms with E-state index in [0.29, 0.717) is 41.7 Å². The number of fused-ring (bicyclic) bond motifs is 1. The number of carbonyl (C=O) groups is 2. The second-order valence-corrected chi connectivity index (χ2v) is 7.94. The number of benzene rings is 2. The van der Waals surface area contributed by atoms with Gasteiger partial charge in [0.2, 0.25) is 0 Å². The van der Waals surface area contributed by atoms with Crippen LogP contribution in [0.3, 0.4) is 0 Å². The maximum absolute atomic E-state index is 13.3. The van der Waals surface area contributed by atoms with Crippen molar-refractivity contribution in [2.75, 3.05) is 23.4 Å². The smallest absolute Gasteiger partial charge is 0.282 e. The van der Waals surface area contributed by atoms with E-state index in [2.05, 4.69) is 5.32 Å². The Hall–Kier alpha value is -3.58. The molecular weight excluding hydrogens is 400 g/mol. The highest BCUT2D eigenvalue weighted by Crippen LogP contribution is 2.37. The van der Waals surface area contributed by atoms with E-state index in [-0.39, 0.29) is 17.5 Å². The highest BCUT2D eigenvalue weighted by Gasteiger charge is 2.40. The third-order valence-electron chi connectivity index (χ3n) is 4.96. The first-order chi connectivity index (χ1) is 14.6. The molecule has 2 amide bonds. The fourth-order valence-electron chi connectivity index (χ4n) is 3.49. The minimum absolute atomic E-state index is 0.250. The second-order valence-electron chi connectivity index (χ2n) is 6.99. The summed E-state index contributed by atoms with van der Waals surface area (Å²) in [5, 5.41) is 5.04. The topological polar surface area (TPSA) is 67.9 Å². The van der Waals surface area contributed by atoms with Gasteiger partial charge in [0.1, 0.15) is 18.9 Å². The number of hydrogen-bond donors (Lipinski definition) is 1. The first-order valence-corrected chi connectivity index (χ1v) is 10.4. The molecule has 0 saturated carbocycles. The van der Waals surface area contributed by atoms with E-state index >= 15 is 0 Å². The first kappa shape index (κ1) is 18.4. The van der Waals surface area contributed by atoms with Crippen molar-refractivity contribution in [1.29, 1.82) is 0 Å². The molecule has 150 valence electrons. The van der Waals surface area contributed by atoms with Gasteiger partial charge in [0, 0.05) is 16.6 Å². The first-order valence-electron chi connectivity index (χ1n) is 9.52. The molecule has 2 aliphatic heterocycles. The van der Waals surface area contributed by atoms with Gasteiger partial charge in [-0.15, -0.1) is 11.3 Å². The molecular formula is C23H18N2O4S. The zero-order chi connectivity index (χ0) is 20.7. The van der Waals surface area contributed by atoms with Gasteiger partial charge in [0.05, 0.1) is 11.3 Å². The van der Waals surface area contributed by atoms with Gasteiger partial charge < -0.3 is 14.8 Å². The van der Waals surface area contributed by atoms with E-state index in [4.69, 9.17) is 9.47 Å². The van der Waals surface area contributed by atoms with Gasteiger partial charge in [-0.25, -0.2) is 4.90 Å². The van der Waals surface area contributed by atoms with Crippen molar-refractivity contribution in [1.82, 2.24) is 0 Å². The predicted molar refractivity (Wildman–Crippen MR) is 116 cm³/mol. The van der Waals surface area contributed by atoms with Crippen molar-refractivity contribution in [3.63, 3.8) is 0 Å². The summed E-state index contributed by atoms with van der Waals surface area (Å²) in [7, 11) is 0. The number of rotatable bonds is 4. The Balaban J connectivity index is 1.55. The van der Waals surface area contributed by atoms with Crippen LogP contribution in [-0.4, -0.2) is 25.0 Å². The van der Waals surface area contributed by atoms with E-state index in [1.54, 1.807) is 30.3 Å². The van der Waals surface area contributed by atoms with E-state index < -0.39 is 0 Å². The fourth-order valence-corrected chi connectivity index (χ4v) is 4.26. The van der Waals surface area contributed by atoms with Crippen molar-refractivity contribution in [3.8, 4) is 11.5 Å². The minimum atomic E-state index is -0.387. The number of amides is 2. The zero-order valence-corrected chi connectivity index (χ0v) is 17.0. The minimum Gasteiger partial charge on any atom is -0.486 e. The molecule has 0 radical (unpaired) electrons.